The average Bonchev–Trinajstić information content (AvgIpc) is 3.39. The Hall–Kier alpha value is -3.19. The van der Waals surface area contributed by atoms with Crippen molar-refractivity contribution in [1.82, 2.24) is 24.1 Å². The van der Waals surface area contributed by atoms with Crippen LogP contribution in [0, 0.1) is 11.3 Å². The van der Waals surface area contributed by atoms with Gasteiger partial charge in [-0.3, -0.25) is 19.3 Å². The van der Waals surface area contributed by atoms with Gasteiger partial charge in [0.25, 0.3) is 5.56 Å². The Morgan fingerprint density at radius 1 is 1.10 bits per heavy atom. The molecule has 3 aromatic rings. The van der Waals surface area contributed by atoms with Crippen molar-refractivity contribution >= 4 is 16.7 Å². The molecule has 0 aliphatic carbocycles. The van der Waals surface area contributed by atoms with Crippen LogP contribution >= 0.6 is 0 Å². The lowest BCUT2D eigenvalue weighted by molar-refractivity contribution is 0.0342. The van der Waals surface area contributed by atoms with Crippen LogP contribution in [0.3, 0.4) is 0 Å². The highest BCUT2D eigenvalue weighted by molar-refractivity contribution is 5.88. The van der Waals surface area contributed by atoms with Crippen LogP contribution < -0.4 is 10.5 Å². The number of aryl methyl sites for hydroxylation is 1. The molecule has 2 aliphatic heterocycles. The molecule has 0 bridgehead atoms. The second-order valence-electron chi connectivity index (χ2n) is 10.9. The zero-order chi connectivity index (χ0) is 27.5. The van der Waals surface area contributed by atoms with Gasteiger partial charge in [-0.2, -0.15) is 10.4 Å². The van der Waals surface area contributed by atoms with Gasteiger partial charge in [0, 0.05) is 64.0 Å². The SMILES string of the molecule is CC[C@H]1CN([C@@H](C)c2ccc(CN3CCOCC3)cc2)[C@H](CC)CN1c1cc(=O)n(C)c2cn(CC#N)nc12. The number of piperazine rings is 1. The monoisotopic (exact) mass is 531 g/mol. The summed E-state index contributed by atoms with van der Waals surface area (Å²) in [5, 5.41) is 13.9. The highest BCUT2D eigenvalue weighted by Gasteiger charge is 2.36. The first-order valence-electron chi connectivity index (χ1n) is 14.3. The van der Waals surface area contributed by atoms with Gasteiger partial charge in [-0.05, 0) is 30.9 Å². The number of nitriles is 1. The van der Waals surface area contributed by atoms with E-state index in [0.29, 0.717) is 12.1 Å². The number of pyridine rings is 1. The van der Waals surface area contributed by atoms with E-state index in [4.69, 9.17) is 9.84 Å². The normalized spacial score (nSPS) is 21.8. The quantitative estimate of drug-likeness (QED) is 0.440. The lowest BCUT2D eigenvalue weighted by Gasteiger charge is -2.49. The molecule has 0 N–H and O–H groups in total. The summed E-state index contributed by atoms with van der Waals surface area (Å²) in [6.07, 6.45) is 3.79. The maximum absolute atomic E-state index is 12.9. The fraction of sp³-hybridized carbons (Fsp3) is 0.567. The first kappa shape index (κ1) is 27.4. The van der Waals surface area contributed by atoms with Gasteiger partial charge in [-0.1, -0.05) is 38.1 Å². The van der Waals surface area contributed by atoms with Gasteiger partial charge in [-0.25, -0.2) is 0 Å². The Labute approximate surface area is 231 Å². The molecular formula is C30H41N7O2. The van der Waals surface area contributed by atoms with E-state index in [9.17, 15) is 10.1 Å². The minimum Gasteiger partial charge on any atom is -0.379 e. The van der Waals surface area contributed by atoms with Crippen LogP contribution in [-0.4, -0.2) is 75.6 Å². The molecule has 3 atom stereocenters. The van der Waals surface area contributed by atoms with Gasteiger partial charge in [-0.15, -0.1) is 0 Å². The number of nitrogens with zero attached hydrogens (tertiary/aromatic N) is 7. The predicted molar refractivity (Wildman–Crippen MR) is 154 cm³/mol. The number of anilines is 1. The molecule has 2 saturated heterocycles. The maximum atomic E-state index is 12.9. The molecule has 0 spiro atoms. The summed E-state index contributed by atoms with van der Waals surface area (Å²) in [7, 11) is 1.77. The molecule has 0 amide bonds. The van der Waals surface area contributed by atoms with E-state index in [-0.39, 0.29) is 18.1 Å². The number of fused-ring (bicyclic) bond motifs is 1. The molecule has 0 radical (unpaired) electrons. The number of aromatic nitrogens is 3. The van der Waals surface area contributed by atoms with Crippen molar-refractivity contribution in [2.24, 2.45) is 7.05 Å². The van der Waals surface area contributed by atoms with E-state index >= 15 is 0 Å². The summed E-state index contributed by atoms with van der Waals surface area (Å²) in [6, 6.07) is 13.9. The maximum Gasteiger partial charge on any atom is 0.252 e. The summed E-state index contributed by atoms with van der Waals surface area (Å²) in [4.78, 5) is 20.4. The first-order chi connectivity index (χ1) is 18.9. The third-order valence-electron chi connectivity index (χ3n) is 8.63. The molecule has 4 heterocycles. The molecule has 39 heavy (non-hydrogen) atoms. The van der Waals surface area contributed by atoms with E-state index in [1.54, 1.807) is 22.4 Å². The zero-order valence-electron chi connectivity index (χ0n) is 23.7. The van der Waals surface area contributed by atoms with Gasteiger partial charge in [0.05, 0.1) is 36.7 Å². The van der Waals surface area contributed by atoms with Crippen LogP contribution in [0.15, 0.2) is 41.3 Å². The largest absolute Gasteiger partial charge is 0.379 e. The van der Waals surface area contributed by atoms with E-state index in [1.807, 2.05) is 6.20 Å². The molecule has 208 valence electrons. The number of hydrogen-bond donors (Lipinski definition) is 0. The smallest absolute Gasteiger partial charge is 0.252 e. The number of ether oxygens (including phenoxy) is 1. The Morgan fingerprint density at radius 2 is 1.82 bits per heavy atom. The van der Waals surface area contributed by atoms with Gasteiger partial charge < -0.3 is 14.2 Å². The van der Waals surface area contributed by atoms with Crippen molar-refractivity contribution in [2.75, 3.05) is 44.3 Å². The molecule has 5 rings (SSSR count). The molecule has 1 aromatic carbocycles. The van der Waals surface area contributed by atoms with Crippen molar-refractivity contribution < 1.29 is 4.74 Å². The molecule has 9 nitrogen and oxygen atoms in total. The van der Waals surface area contributed by atoms with Gasteiger partial charge in [0.2, 0.25) is 0 Å². The lowest BCUT2D eigenvalue weighted by Crippen LogP contribution is -2.58. The Morgan fingerprint density at radius 3 is 2.49 bits per heavy atom. The molecule has 2 aliphatic rings. The number of morpholine rings is 1. The van der Waals surface area contributed by atoms with Crippen LogP contribution in [0.1, 0.15) is 50.8 Å². The lowest BCUT2D eigenvalue weighted by atomic mass is 9.96. The van der Waals surface area contributed by atoms with Crippen molar-refractivity contribution in [3.8, 4) is 6.07 Å². The fourth-order valence-corrected chi connectivity index (χ4v) is 6.18. The molecule has 0 unspecified atom stereocenters. The van der Waals surface area contributed by atoms with Crippen molar-refractivity contribution in [1.29, 1.82) is 5.26 Å². The molecule has 9 heteroatoms. The highest BCUT2D eigenvalue weighted by atomic mass is 16.5. The van der Waals surface area contributed by atoms with Crippen LogP contribution in [0.25, 0.3) is 11.0 Å². The average molecular weight is 532 g/mol. The summed E-state index contributed by atoms with van der Waals surface area (Å²) in [6.45, 7) is 13.3. The van der Waals surface area contributed by atoms with Crippen molar-refractivity contribution in [3.05, 3.63) is 58.0 Å². The van der Waals surface area contributed by atoms with Crippen LogP contribution in [0.4, 0.5) is 5.69 Å². The van der Waals surface area contributed by atoms with E-state index in [0.717, 1.165) is 75.5 Å². The molecule has 0 saturated carbocycles. The Bertz CT molecular complexity index is 1370. The predicted octanol–water partition coefficient (Wildman–Crippen LogP) is 3.53. The molecule has 2 fully saturated rings. The highest BCUT2D eigenvalue weighted by Crippen LogP contribution is 2.34. The van der Waals surface area contributed by atoms with Crippen LogP contribution in [0.2, 0.25) is 0 Å². The fourth-order valence-electron chi connectivity index (χ4n) is 6.18. The standard InChI is InChI=1S/C30H41N7O2/c1-5-25-20-37(27-17-29(38)33(4)28-21-35(12-11-31)32-30(27)28)26(6-2)19-36(25)22(3)24-9-7-23(8-10-24)18-34-13-15-39-16-14-34/h7-10,17,21-22,25-26H,5-6,12-16,18-20H2,1-4H3/t22-,25+,26-/m0/s1. The second kappa shape index (κ2) is 11.9. The summed E-state index contributed by atoms with van der Waals surface area (Å²) in [5.74, 6) is 0. The van der Waals surface area contributed by atoms with Gasteiger partial charge in [0.1, 0.15) is 12.1 Å². The van der Waals surface area contributed by atoms with Gasteiger partial charge >= 0.3 is 0 Å². The minimum atomic E-state index is -0.0510. The molecule has 2 aromatic heterocycles. The van der Waals surface area contributed by atoms with E-state index in [2.05, 4.69) is 65.8 Å². The topological polar surface area (TPSA) is 82.6 Å². The second-order valence-corrected chi connectivity index (χ2v) is 10.9. The summed E-state index contributed by atoms with van der Waals surface area (Å²) >= 11 is 0. The Kier molecular flexibility index (Phi) is 8.36. The zero-order valence-corrected chi connectivity index (χ0v) is 23.7. The van der Waals surface area contributed by atoms with Gasteiger partial charge in [0.15, 0.2) is 0 Å². The third-order valence-corrected chi connectivity index (χ3v) is 8.63. The Balaban J connectivity index is 1.38. The van der Waals surface area contributed by atoms with Crippen LogP contribution in [-0.2, 0) is 24.9 Å². The van der Waals surface area contributed by atoms with E-state index in [1.165, 1.54) is 11.1 Å². The third kappa shape index (κ3) is 5.60. The van der Waals surface area contributed by atoms with Crippen molar-refractivity contribution in [3.63, 3.8) is 0 Å². The summed E-state index contributed by atoms with van der Waals surface area (Å²) < 4.78 is 8.74. The molecular weight excluding hydrogens is 490 g/mol. The minimum absolute atomic E-state index is 0.0510. The number of hydrogen-bond acceptors (Lipinski definition) is 7. The van der Waals surface area contributed by atoms with Crippen molar-refractivity contribution in [2.45, 2.75) is 64.8 Å². The van der Waals surface area contributed by atoms with E-state index < -0.39 is 0 Å². The van der Waals surface area contributed by atoms with Crippen LogP contribution in [0.5, 0.6) is 0 Å². The summed E-state index contributed by atoms with van der Waals surface area (Å²) in [5.41, 5.74) is 5.08. The number of rotatable bonds is 8. The first-order valence-corrected chi connectivity index (χ1v) is 14.3. The number of benzene rings is 1.